The number of Topliss-reactive ketones (excluding diaryl/α,β-unsaturated/α-hetero) is 1. The molecule has 0 spiro atoms. The van der Waals surface area contributed by atoms with Gasteiger partial charge in [-0.05, 0) is 48.9 Å². The summed E-state index contributed by atoms with van der Waals surface area (Å²) in [7, 11) is 0. The summed E-state index contributed by atoms with van der Waals surface area (Å²) in [6, 6.07) is 5.96. The maximum atomic E-state index is 12.8. The van der Waals surface area contributed by atoms with E-state index in [4.69, 9.17) is 0 Å². The average Bonchev–Trinajstić information content (AvgIpc) is 3.03. The highest BCUT2D eigenvalue weighted by Gasteiger charge is 2.41. The van der Waals surface area contributed by atoms with Crippen LogP contribution < -0.4 is 0 Å². The lowest BCUT2D eigenvalue weighted by Gasteiger charge is -2.23. The number of hydrogen-bond donors (Lipinski definition) is 1. The van der Waals surface area contributed by atoms with Gasteiger partial charge in [0.2, 0.25) is 0 Å². The molecule has 0 amide bonds. The molecule has 2 bridgehead atoms. The number of aryl methyl sites for hydroxylation is 1. The van der Waals surface area contributed by atoms with Crippen LogP contribution in [0.15, 0.2) is 42.7 Å². The predicted octanol–water partition coefficient (Wildman–Crippen LogP) is 3.72. The van der Waals surface area contributed by atoms with Gasteiger partial charge in [-0.2, -0.15) is 0 Å². The Morgan fingerprint density at radius 3 is 2.61 bits per heavy atom. The van der Waals surface area contributed by atoms with Crippen LogP contribution in [0.5, 0.6) is 0 Å². The smallest absolute Gasteiger partial charge is 0.169 e. The molecule has 0 radical (unpaired) electrons. The van der Waals surface area contributed by atoms with E-state index in [-0.39, 0.29) is 23.4 Å². The molecule has 1 aromatic heterocycles. The van der Waals surface area contributed by atoms with E-state index in [9.17, 15) is 9.90 Å². The molecule has 1 aromatic carbocycles. The Morgan fingerprint density at radius 1 is 1.09 bits per heavy atom. The van der Waals surface area contributed by atoms with Crippen molar-refractivity contribution in [1.82, 2.24) is 9.97 Å². The SMILES string of the molecule is Cc1ccc(-c2cncnc2)cc1C1=C(O)[C@H]2CC[C@H](C2)C1=O. The first-order valence-corrected chi connectivity index (χ1v) is 7.99. The molecule has 0 saturated heterocycles. The lowest BCUT2D eigenvalue weighted by atomic mass is 9.81. The molecule has 23 heavy (non-hydrogen) atoms. The maximum Gasteiger partial charge on any atom is 0.169 e. The Morgan fingerprint density at radius 2 is 1.83 bits per heavy atom. The summed E-state index contributed by atoms with van der Waals surface area (Å²) in [5.41, 5.74) is 4.23. The van der Waals surface area contributed by atoms with E-state index >= 15 is 0 Å². The molecule has 4 nitrogen and oxygen atoms in total. The van der Waals surface area contributed by atoms with E-state index in [0.29, 0.717) is 5.57 Å². The van der Waals surface area contributed by atoms with Gasteiger partial charge >= 0.3 is 0 Å². The normalized spacial score (nSPS) is 23.4. The largest absolute Gasteiger partial charge is 0.511 e. The summed E-state index contributed by atoms with van der Waals surface area (Å²) >= 11 is 0. The van der Waals surface area contributed by atoms with E-state index < -0.39 is 0 Å². The summed E-state index contributed by atoms with van der Waals surface area (Å²) in [5, 5.41) is 10.6. The molecule has 116 valence electrons. The van der Waals surface area contributed by atoms with Gasteiger partial charge < -0.3 is 5.11 Å². The second-order valence-corrected chi connectivity index (χ2v) is 6.49. The molecule has 1 heterocycles. The van der Waals surface area contributed by atoms with Gasteiger partial charge in [0, 0.05) is 29.8 Å². The van der Waals surface area contributed by atoms with Gasteiger partial charge in [0.1, 0.15) is 12.1 Å². The highest BCUT2D eigenvalue weighted by molar-refractivity contribution is 6.23. The average molecular weight is 306 g/mol. The first-order valence-electron chi connectivity index (χ1n) is 7.99. The van der Waals surface area contributed by atoms with Crippen LogP contribution in [0, 0.1) is 18.8 Å². The quantitative estimate of drug-likeness (QED) is 0.918. The van der Waals surface area contributed by atoms with E-state index in [1.54, 1.807) is 12.4 Å². The molecule has 2 aliphatic rings. The first-order chi connectivity index (χ1) is 11.1. The number of benzene rings is 1. The van der Waals surface area contributed by atoms with Crippen molar-refractivity contribution >= 4 is 11.4 Å². The molecule has 2 aliphatic carbocycles. The van der Waals surface area contributed by atoms with Crippen LogP contribution in [-0.4, -0.2) is 20.9 Å². The molecular formula is C19H18N2O2. The highest BCUT2D eigenvalue weighted by Crippen LogP contribution is 2.46. The second kappa shape index (κ2) is 5.30. The lowest BCUT2D eigenvalue weighted by molar-refractivity contribution is -0.117. The summed E-state index contributed by atoms with van der Waals surface area (Å²) in [6.07, 6.45) is 7.61. The van der Waals surface area contributed by atoms with Gasteiger partial charge in [0.15, 0.2) is 5.78 Å². The minimum absolute atomic E-state index is 0.0778. The molecule has 2 aromatic rings. The topological polar surface area (TPSA) is 63.1 Å². The third-order valence-electron chi connectivity index (χ3n) is 5.09. The fraction of sp³-hybridized carbons (Fsp3) is 0.316. The Bertz CT molecular complexity index is 811. The van der Waals surface area contributed by atoms with Crippen LogP contribution >= 0.6 is 0 Å². The van der Waals surface area contributed by atoms with Crippen molar-refractivity contribution in [3.05, 3.63) is 53.8 Å². The Hall–Kier alpha value is -2.49. The molecule has 4 rings (SSSR count). The van der Waals surface area contributed by atoms with Crippen LogP contribution in [0.2, 0.25) is 0 Å². The van der Waals surface area contributed by atoms with Crippen molar-refractivity contribution in [2.75, 3.05) is 0 Å². The van der Waals surface area contributed by atoms with Crippen LogP contribution in [-0.2, 0) is 4.79 Å². The van der Waals surface area contributed by atoms with Gasteiger partial charge in [-0.15, -0.1) is 0 Å². The van der Waals surface area contributed by atoms with Gasteiger partial charge in [0.05, 0.1) is 5.57 Å². The molecule has 2 atom stereocenters. The third-order valence-corrected chi connectivity index (χ3v) is 5.09. The number of aliphatic hydroxyl groups excluding tert-OH is 1. The van der Waals surface area contributed by atoms with Gasteiger partial charge in [-0.1, -0.05) is 12.1 Å². The molecule has 1 fully saturated rings. The van der Waals surface area contributed by atoms with Crippen LogP contribution in [0.25, 0.3) is 16.7 Å². The standard InChI is InChI=1S/C19H18N2O2/c1-11-2-3-12(15-8-20-10-21-9-15)7-16(11)17-18(22)13-4-5-14(6-13)19(17)23/h2-3,7-10,13-14,22H,4-6H2,1H3/t13-,14+/m0/s1. The van der Waals surface area contributed by atoms with Crippen molar-refractivity contribution in [3.8, 4) is 11.1 Å². The predicted molar refractivity (Wildman–Crippen MR) is 87.6 cm³/mol. The van der Waals surface area contributed by atoms with Crippen LogP contribution in [0.1, 0.15) is 30.4 Å². The number of aromatic nitrogens is 2. The maximum absolute atomic E-state index is 12.8. The number of carbonyl (C=O) groups excluding carboxylic acids is 1. The van der Waals surface area contributed by atoms with Crippen molar-refractivity contribution in [2.24, 2.45) is 11.8 Å². The van der Waals surface area contributed by atoms with E-state index in [0.717, 1.165) is 41.5 Å². The number of fused-ring (bicyclic) bond motifs is 2. The Kier molecular flexibility index (Phi) is 3.26. The van der Waals surface area contributed by atoms with E-state index in [1.807, 2.05) is 25.1 Å². The van der Waals surface area contributed by atoms with E-state index in [2.05, 4.69) is 9.97 Å². The third kappa shape index (κ3) is 2.25. The number of carbonyl (C=O) groups is 1. The fourth-order valence-corrected chi connectivity index (χ4v) is 3.79. The van der Waals surface area contributed by atoms with Gasteiger partial charge in [-0.3, -0.25) is 4.79 Å². The molecule has 0 aliphatic heterocycles. The monoisotopic (exact) mass is 306 g/mol. The molecule has 1 N–H and O–H groups in total. The molecule has 1 saturated carbocycles. The van der Waals surface area contributed by atoms with Crippen molar-refractivity contribution in [2.45, 2.75) is 26.2 Å². The zero-order valence-electron chi connectivity index (χ0n) is 13.0. The Labute approximate surface area is 134 Å². The van der Waals surface area contributed by atoms with Crippen molar-refractivity contribution in [3.63, 3.8) is 0 Å². The van der Waals surface area contributed by atoms with Gasteiger partial charge in [-0.25, -0.2) is 9.97 Å². The summed E-state index contributed by atoms with van der Waals surface area (Å²) in [4.78, 5) is 20.9. The zero-order chi connectivity index (χ0) is 16.0. The molecule has 0 unspecified atom stereocenters. The lowest BCUT2D eigenvalue weighted by Crippen LogP contribution is -2.21. The van der Waals surface area contributed by atoms with Crippen LogP contribution in [0.3, 0.4) is 0 Å². The van der Waals surface area contributed by atoms with Gasteiger partial charge in [0.25, 0.3) is 0 Å². The summed E-state index contributed by atoms with van der Waals surface area (Å²) < 4.78 is 0. The second-order valence-electron chi connectivity index (χ2n) is 6.49. The Balaban J connectivity index is 1.86. The molecular weight excluding hydrogens is 288 g/mol. The van der Waals surface area contributed by atoms with Crippen molar-refractivity contribution in [1.29, 1.82) is 0 Å². The number of allylic oxidation sites excluding steroid dienone is 2. The van der Waals surface area contributed by atoms with E-state index in [1.165, 1.54) is 6.33 Å². The number of hydrogen-bond acceptors (Lipinski definition) is 4. The fourth-order valence-electron chi connectivity index (χ4n) is 3.79. The summed E-state index contributed by atoms with van der Waals surface area (Å²) in [5.74, 6) is 0.610. The highest BCUT2D eigenvalue weighted by atomic mass is 16.3. The number of aliphatic hydroxyl groups is 1. The minimum atomic E-state index is 0.0778. The number of ketones is 1. The van der Waals surface area contributed by atoms with Crippen molar-refractivity contribution < 1.29 is 9.90 Å². The van der Waals surface area contributed by atoms with Crippen LogP contribution in [0.4, 0.5) is 0 Å². The molecule has 4 heteroatoms. The summed E-state index contributed by atoms with van der Waals surface area (Å²) in [6.45, 7) is 1.98. The minimum Gasteiger partial charge on any atom is -0.511 e. The number of rotatable bonds is 2. The zero-order valence-corrected chi connectivity index (χ0v) is 13.0. The number of nitrogens with zero attached hydrogens (tertiary/aromatic N) is 2. The first kappa shape index (κ1) is 14.1.